The molecule has 0 saturated heterocycles. The van der Waals surface area contributed by atoms with Crippen LogP contribution in [0, 0.1) is 44.1 Å². The molecule has 11 rings (SSSR count). The van der Waals surface area contributed by atoms with Crippen LogP contribution >= 0.6 is 0 Å². The Morgan fingerprint density at radius 1 is 0.464 bits per heavy atom. The molecule has 7 amide bonds. The normalized spacial score (nSPS) is 15.9. The molecule has 0 bridgehead atoms. The van der Waals surface area contributed by atoms with Crippen LogP contribution < -0.4 is 37.6 Å². The van der Waals surface area contributed by atoms with Crippen molar-refractivity contribution in [2.45, 2.75) is 180 Å². The lowest BCUT2D eigenvalue weighted by Crippen LogP contribution is -2.64. The van der Waals surface area contributed by atoms with E-state index < -0.39 is 99.6 Å². The third kappa shape index (κ3) is 15.4. The number of benzene rings is 3. The summed E-state index contributed by atoms with van der Waals surface area (Å²) < 4.78 is 113. The molecule has 8 N–H and O–H groups in total. The van der Waals surface area contributed by atoms with Gasteiger partial charge in [0.15, 0.2) is 0 Å². The molecular formula is C69H74F8N10O10. The lowest BCUT2D eigenvalue weighted by Gasteiger charge is -2.43. The van der Waals surface area contributed by atoms with Gasteiger partial charge in [-0.05, 0) is 206 Å². The zero-order chi connectivity index (χ0) is 70.8. The van der Waals surface area contributed by atoms with Gasteiger partial charge in [0.2, 0.25) is 5.91 Å². The zero-order valence-corrected chi connectivity index (χ0v) is 54.1. The van der Waals surface area contributed by atoms with Gasteiger partial charge in [-0.2, -0.15) is 13.2 Å². The third-order valence-electron chi connectivity index (χ3n) is 18.4. The van der Waals surface area contributed by atoms with Crippen LogP contribution in [-0.4, -0.2) is 102 Å². The molecule has 6 aromatic rings. The van der Waals surface area contributed by atoms with Gasteiger partial charge in [-0.3, -0.25) is 47.9 Å². The van der Waals surface area contributed by atoms with Crippen molar-refractivity contribution in [1.29, 1.82) is 0 Å². The average Bonchev–Trinajstić information content (AvgIpc) is 1.70. The maximum absolute atomic E-state index is 13.8. The number of Topliss-reactive ketones (excluding diaryl/α,β-unsaturated/α-hetero) is 3. The molecule has 0 radical (unpaired) electrons. The van der Waals surface area contributed by atoms with E-state index in [1.54, 1.807) is 43.8 Å². The van der Waals surface area contributed by atoms with Gasteiger partial charge in [0.25, 0.3) is 58.7 Å². The topological polar surface area (TPSA) is 284 Å². The molecule has 0 unspecified atom stereocenters. The summed E-state index contributed by atoms with van der Waals surface area (Å²) in [5.74, 6) is -13.1. The van der Waals surface area contributed by atoms with E-state index in [0.29, 0.717) is 103 Å². The number of halogens is 8. The smallest absolute Gasteiger partial charge is 0.368 e. The Hall–Kier alpha value is -9.76. The number of aryl methyl sites for hydroxylation is 3. The molecule has 516 valence electrons. The maximum atomic E-state index is 13.8. The summed E-state index contributed by atoms with van der Waals surface area (Å²) >= 11 is 0. The summed E-state index contributed by atoms with van der Waals surface area (Å²) in [5, 5.41) is 14.6. The molecule has 20 nitrogen and oxygen atoms in total. The average molecular weight is 1360 g/mol. The molecule has 0 spiro atoms. The SMILES string of the molecule is Cc1cc(NC(=O)c2cc(C(=O)C(=O)NC3(C(C)(F)F)CC3)n3c2CCCC3)ccc1F.Cc1cc(NC(=O)c2cc(C(=O)C(=O)NC3(C(F)(F)F)CCC3)n3c2CCCC3)ccc1F.Cc1cc(NC(=O)c2cc(C(=O)C(=O)N[C@H](C(N)=O)C(C)C)n3c2CCCC3)ccc1F. The molecule has 2 saturated carbocycles. The van der Waals surface area contributed by atoms with Crippen LogP contribution in [0.3, 0.4) is 0 Å². The Labute approximate surface area is 552 Å². The summed E-state index contributed by atoms with van der Waals surface area (Å²) in [7, 11) is 0. The van der Waals surface area contributed by atoms with Crippen molar-refractivity contribution < 1.29 is 83.1 Å². The van der Waals surface area contributed by atoms with Gasteiger partial charge < -0.3 is 51.3 Å². The first kappa shape index (κ1) is 71.5. The second-order valence-corrected chi connectivity index (χ2v) is 25.6. The minimum Gasteiger partial charge on any atom is -0.368 e. The number of nitrogens with zero attached hydrogens (tertiary/aromatic N) is 3. The van der Waals surface area contributed by atoms with Crippen LogP contribution in [0.4, 0.5) is 52.2 Å². The van der Waals surface area contributed by atoms with Gasteiger partial charge in [-0.25, -0.2) is 22.0 Å². The number of rotatable bonds is 18. The summed E-state index contributed by atoms with van der Waals surface area (Å²) in [6.07, 6.45) is 1.60. The number of amides is 7. The molecule has 28 heteroatoms. The zero-order valence-electron chi connectivity index (χ0n) is 54.1. The number of nitrogens with two attached hydrogens (primary N) is 1. The molecular weight excluding hydrogens is 1280 g/mol. The highest BCUT2D eigenvalue weighted by molar-refractivity contribution is 6.44. The summed E-state index contributed by atoms with van der Waals surface area (Å²) in [6.45, 7) is 10.2. The molecule has 3 aromatic heterocycles. The van der Waals surface area contributed by atoms with E-state index in [1.165, 1.54) is 77.4 Å². The third-order valence-corrected chi connectivity index (χ3v) is 18.4. The van der Waals surface area contributed by atoms with Crippen molar-refractivity contribution in [2.75, 3.05) is 16.0 Å². The first-order valence-electron chi connectivity index (χ1n) is 31.9. The van der Waals surface area contributed by atoms with E-state index in [9.17, 15) is 83.1 Å². The Morgan fingerprint density at radius 3 is 1.06 bits per heavy atom. The van der Waals surface area contributed by atoms with E-state index in [4.69, 9.17) is 5.73 Å². The van der Waals surface area contributed by atoms with Gasteiger partial charge in [0, 0.05) is 60.7 Å². The Kier molecular flexibility index (Phi) is 21.0. The Bertz CT molecular complexity index is 4170. The maximum Gasteiger partial charge on any atom is 0.411 e. The molecule has 97 heavy (non-hydrogen) atoms. The number of carbonyl (C=O) groups excluding carboxylic acids is 10. The molecule has 6 heterocycles. The highest BCUT2D eigenvalue weighted by Crippen LogP contribution is 2.48. The fourth-order valence-corrected chi connectivity index (χ4v) is 12.4. The van der Waals surface area contributed by atoms with E-state index >= 15 is 0 Å². The standard InChI is InChI=1S/C23H23F4N3O3.C23H24F3N3O3.C23H27FN4O4/c1-13-11-14(6-7-16(13)24)28-20(32)15-12-18(30-10-3-2-5-17(15)30)19(31)21(33)29-22(8-4-9-22)23(25,26)27;1-13-11-14(6-7-16(13)24)27-20(31)15-12-18(29-10-4-3-5-17(15)29)19(30)21(32)28-23(8-9-23)22(2,25)26;1-12(2)19(21(25)30)27-23(32)20(29)18-11-15(17-6-4-5-9-28(17)18)22(31)26-14-7-8-16(24)13(3)10-14/h6-7,11-12H,2-5,8-10H2,1H3,(H,28,32)(H,29,33);6-7,11-12H,3-5,8-10H2,1-2H3,(H,27,31)(H,28,32);7-8,10-12,19H,4-6,9H2,1-3H3,(H2,25,30)(H,26,31)(H,27,32)/t;;19-/m..0/s1. The Balaban J connectivity index is 0.000000171. The highest BCUT2D eigenvalue weighted by Gasteiger charge is 2.61. The van der Waals surface area contributed by atoms with Crippen LogP contribution in [0.2, 0.25) is 0 Å². The number of carbonyl (C=O) groups is 10. The molecule has 2 fully saturated rings. The van der Waals surface area contributed by atoms with Gasteiger partial charge in [0.1, 0.15) is 34.6 Å². The fourth-order valence-electron chi connectivity index (χ4n) is 12.4. The van der Waals surface area contributed by atoms with Crippen LogP contribution in [-0.2, 0) is 58.1 Å². The van der Waals surface area contributed by atoms with Crippen molar-refractivity contribution in [1.82, 2.24) is 29.7 Å². The number of primary amides is 1. The molecule has 2 aliphatic carbocycles. The number of hydrogen-bond acceptors (Lipinski definition) is 10. The summed E-state index contributed by atoms with van der Waals surface area (Å²) in [6, 6.07) is 15.5. The number of ketones is 3. The predicted molar refractivity (Wildman–Crippen MR) is 340 cm³/mol. The highest BCUT2D eigenvalue weighted by atomic mass is 19.4. The largest absolute Gasteiger partial charge is 0.411 e. The molecule has 3 aromatic carbocycles. The number of aromatic nitrogens is 3. The van der Waals surface area contributed by atoms with Crippen LogP contribution in [0.1, 0.15) is 188 Å². The summed E-state index contributed by atoms with van der Waals surface area (Å²) in [5.41, 5.74) is 6.06. The van der Waals surface area contributed by atoms with E-state index in [0.717, 1.165) is 39.0 Å². The monoisotopic (exact) mass is 1350 g/mol. The van der Waals surface area contributed by atoms with Gasteiger partial charge in [-0.15, -0.1) is 0 Å². The van der Waals surface area contributed by atoms with Crippen molar-refractivity contribution in [2.24, 2.45) is 11.7 Å². The molecule has 3 aliphatic heterocycles. The second-order valence-electron chi connectivity index (χ2n) is 25.6. The molecule has 1 atom stereocenters. The van der Waals surface area contributed by atoms with Crippen LogP contribution in [0.5, 0.6) is 0 Å². The first-order valence-corrected chi connectivity index (χ1v) is 31.9. The minimum absolute atomic E-state index is 0.00727. The lowest BCUT2D eigenvalue weighted by molar-refractivity contribution is -0.218. The number of hydrogen-bond donors (Lipinski definition) is 7. The Morgan fingerprint density at radius 2 is 0.794 bits per heavy atom. The number of nitrogens with one attached hydrogen (secondary N) is 6. The van der Waals surface area contributed by atoms with Crippen LogP contribution in [0.25, 0.3) is 0 Å². The quantitative estimate of drug-likeness (QED) is 0.0243. The number of alkyl halides is 5. The second kappa shape index (κ2) is 28.5. The predicted octanol–water partition coefficient (Wildman–Crippen LogP) is 10.7. The number of anilines is 3. The van der Waals surface area contributed by atoms with Crippen molar-refractivity contribution in [3.05, 3.63) is 158 Å². The summed E-state index contributed by atoms with van der Waals surface area (Å²) in [4.78, 5) is 127. The van der Waals surface area contributed by atoms with Crippen molar-refractivity contribution in [3.63, 3.8) is 0 Å². The van der Waals surface area contributed by atoms with Gasteiger partial charge >= 0.3 is 6.18 Å². The van der Waals surface area contributed by atoms with Crippen molar-refractivity contribution in [3.8, 4) is 0 Å². The van der Waals surface area contributed by atoms with Crippen LogP contribution in [0.15, 0.2) is 72.8 Å². The number of fused-ring (bicyclic) bond motifs is 3. The minimum atomic E-state index is -4.65. The van der Waals surface area contributed by atoms with E-state index in [1.807, 2.05) is 5.32 Å². The lowest BCUT2D eigenvalue weighted by atomic mass is 9.76. The van der Waals surface area contributed by atoms with E-state index in [2.05, 4.69) is 26.6 Å². The van der Waals surface area contributed by atoms with Gasteiger partial charge in [0.05, 0.1) is 33.8 Å². The first-order chi connectivity index (χ1) is 45.6. The molecule has 5 aliphatic rings. The fraction of sp³-hybridized carbons (Fsp3) is 0.420. The van der Waals surface area contributed by atoms with Gasteiger partial charge in [-0.1, -0.05) is 13.8 Å². The van der Waals surface area contributed by atoms with Crippen molar-refractivity contribution >= 4 is 75.8 Å². The van der Waals surface area contributed by atoms with E-state index in [-0.39, 0.29) is 71.2 Å².